The largest absolute Gasteiger partial charge is 0.376 e. The standard InChI is InChI=1S/C24H26FN3OS/c1-16-11-18(3)22(12-17(16)2)23-15-30-24(26-14-21-5-4-10-29-21)28(23)27-13-19-6-8-20(25)9-7-19/h6-9,11-13,15,21H,4-5,10,14H2,1-3H3. The first kappa shape index (κ1) is 20.7. The van der Waals surface area contributed by atoms with E-state index >= 15 is 0 Å². The number of rotatable bonds is 5. The zero-order valence-electron chi connectivity index (χ0n) is 17.6. The Morgan fingerprint density at radius 2 is 1.90 bits per heavy atom. The summed E-state index contributed by atoms with van der Waals surface area (Å²) in [6.07, 6.45) is 4.09. The van der Waals surface area contributed by atoms with Gasteiger partial charge in [-0.15, -0.1) is 11.3 Å². The lowest BCUT2D eigenvalue weighted by molar-refractivity contribution is 0.117. The zero-order chi connectivity index (χ0) is 21.1. The second-order valence-electron chi connectivity index (χ2n) is 7.74. The van der Waals surface area contributed by atoms with Crippen LogP contribution in [0.2, 0.25) is 0 Å². The second kappa shape index (κ2) is 9.06. The van der Waals surface area contributed by atoms with E-state index in [0.717, 1.165) is 41.1 Å². The number of nitrogens with zero attached hydrogens (tertiary/aromatic N) is 3. The Morgan fingerprint density at radius 1 is 1.13 bits per heavy atom. The first-order chi connectivity index (χ1) is 14.5. The smallest absolute Gasteiger partial charge is 0.206 e. The van der Waals surface area contributed by atoms with Crippen molar-refractivity contribution in [3.05, 3.63) is 74.7 Å². The number of hydrogen-bond donors (Lipinski definition) is 0. The molecule has 2 heterocycles. The summed E-state index contributed by atoms with van der Waals surface area (Å²) in [6, 6.07) is 10.7. The lowest BCUT2D eigenvalue weighted by Crippen LogP contribution is -2.17. The van der Waals surface area contributed by atoms with Crippen LogP contribution in [0.1, 0.15) is 35.1 Å². The molecule has 0 saturated carbocycles. The van der Waals surface area contributed by atoms with Crippen LogP contribution in [-0.2, 0) is 4.74 Å². The molecule has 0 N–H and O–H groups in total. The number of aromatic nitrogens is 1. The van der Waals surface area contributed by atoms with Crippen LogP contribution in [0.25, 0.3) is 11.3 Å². The van der Waals surface area contributed by atoms with Gasteiger partial charge in [0, 0.05) is 17.6 Å². The Bertz CT molecular complexity index is 1120. The Hall–Kier alpha value is -2.57. The maximum absolute atomic E-state index is 13.2. The molecule has 0 amide bonds. The maximum Gasteiger partial charge on any atom is 0.206 e. The fraction of sp³-hybridized carbons (Fsp3) is 0.333. The first-order valence-electron chi connectivity index (χ1n) is 10.2. The van der Waals surface area contributed by atoms with E-state index in [2.05, 4.69) is 38.3 Å². The quantitative estimate of drug-likeness (QED) is 0.517. The predicted octanol–water partition coefficient (Wildman–Crippen LogP) is 5.24. The molecule has 2 aromatic carbocycles. The third-order valence-electron chi connectivity index (χ3n) is 5.45. The molecule has 4 rings (SSSR count). The van der Waals surface area contributed by atoms with E-state index in [1.54, 1.807) is 29.7 Å². The summed E-state index contributed by atoms with van der Waals surface area (Å²) in [5, 5.41) is 6.83. The molecule has 3 aromatic rings. The van der Waals surface area contributed by atoms with Crippen LogP contribution >= 0.6 is 11.3 Å². The molecule has 0 bridgehead atoms. The average Bonchev–Trinajstić information content (AvgIpc) is 3.38. The molecule has 0 radical (unpaired) electrons. The molecule has 30 heavy (non-hydrogen) atoms. The third kappa shape index (κ3) is 4.60. The van der Waals surface area contributed by atoms with Gasteiger partial charge in [-0.25, -0.2) is 9.07 Å². The normalized spacial score (nSPS) is 17.3. The zero-order valence-corrected chi connectivity index (χ0v) is 18.4. The molecule has 156 valence electrons. The van der Waals surface area contributed by atoms with Crippen molar-refractivity contribution in [3.63, 3.8) is 0 Å². The van der Waals surface area contributed by atoms with Crippen molar-refractivity contribution >= 4 is 17.6 Å². The van der Waals surface area contributed by atoms with Crippen LogP contribution in [-0.4, -0.2) is 30.1 Å². The highest BCUT2D eigenvalue weighted by molar-refractivity contribution is 7.07. The number of aryl methyl sites for hydroxylation is 3. The van der Waals surface area contributed by atoms with Crippen molar-refractivity contribution in [3.8, 4) is 11.3 Å². The molecule has 1 saturated heterocycles. The summed E-state index contributed by atoms with van der Waals surface area (Å²) in [5.74, 6) is -0.256. The predicted molar refractivity (Wildman–Crippen MR) is 121 cm³/mol. The van der Waals surface area contributed by atoms with Crippen molar-refractivity contribution in [1.29, 1.82) is 0 Å². The molecule has 1 aromatic heterocycles. The van der Waals surface area contributed by atoms with E-state index in [0.29, 0.717) is 6.54 Å². The summed E-state index contributed by atoms with van der Waals surface area (Å²) in [4.78, 5) is 5.64. The Labute approximate surface area is 180 Å². The van der Waals surface area contributed by atoms with E-state index < -0.39 is 0 Å². The van der Waals surface area contributed by atoms with E-state index in [9.17, 15) is 4.39 Å². The van der Waals surface area contributed by atoms with Crippen LogP contribution in [0.15, 0.2) is 51.9 Å². The first-order valence-corrected chi connectivity index (χ1v) is 11.1. The van der Waals surface area contributed by atoms with E-state index in [1.165, 1.54) is 28.8 Å². The van der Waals surface area contributed by atoms with Crippen molar-refractivity contribution in [1.82, 2.24) is 4.68 Å². The monoisotopic (exact) mass is 423 g/mol. The SMILES string of the molecule is Cc1cc(C)c(-c2csc(=NCC3CCCO3)n2N=Cc2ccc(F)cc2)cc1C. The Balaban J connectivity index is 1.77. The average molecular weight is 424 g/mol. The van der Waals surface area contributed by atoms with Crippen LogP contribution in [0, 0.1) is 26.6 Å². The van der Waals surface area contributed by atoms with Gasteiger partial charge in [-0.3, -0.25) is 4.99 Å². The van der Waals surface area contributed by atoms with Gasteiger partial charge in [0.15, 0.2) is 0 Å². The molecule has 1 aliphatic rings. The maximum atomic E-state index is 13.2. The van der Waals surface area contributed by atoms with Gasteiger partial charge in [-0.1, -0.05) is 18.2 Å². The van der Waals surface area contributed by atoms with Crippen LogP contribution < -0.4 is 4.80 Å². The van der Waals surface area contributed by atoms with Crippen molar-refractivity contribution < 1.29 is 9.13 Å². The topological polar surface area (TPSA) is 38.9 Å². The third-order valence-corrected chi connectivity index (χ3v) is 6.30. The van der Waals surface area contributed by atoms with Crippen LogP contribution in [0.3, 0.4) is 0 Å². The highest BCUT2D eigenvalue weighted by atomic mass is 32.1. The van der Waals surface area contributed by atoms with Gasteiger partial charge in [0.2, 0.25) is 4.80 Å². The summed E-state index contributed by atoms with van der Waals surface area (Å²) >= 11 is 1.58. The highest BCUT2D eigenvalue weighted by Gasteiger charge is 2.16. The number of halogens is 1. The molecule has 0 spiro atoms. The summed E-state index contributed by atoms with van der Waals surface area (Å²) < 4.78 is 20.8. The molecule has 6 heteroatoms. The minimum Gasteiger partial charge on any atom is -0.376 e. The minimum absolute atomic E-state index is 0.188. The van der Waals surface area contributed by atoms with Crippen LogP contribution in [0.4, 0.5) is 4.39 Å². The Morgan fingerprint density at radius 3 is 2.63 bits per heavy atom. The van der Waals surface area contributed by atoms with Gasteiger partial charge in [-0.2, -0.15) is 5.10 Å². The number of ether oxygens (including phenoxy) is 1. The number of benzene rings is 2. The molecule has 1 fully saturated rings. The van der Waals surface area contributed by atoms with E-state index in [-0.39, 0.29) is 11.9 Å². The fourth-order valence-corrected chi connectivity index (χ4v) is 4.42. The van der Waals surface area contributed by atoms with Gasteiger partial charge in [0.1, 0.15) is 5.82 Å². The van der Waals surface area contributed by atoms with Gasteiger partial charge < -0.3 is 4.74 Å². The van der Waals surface area contributed by atoms with Crippen molar-refractivity contribution in [2.75, 3.05) is 13.2 Å². The van der Waals surface area contributed by atoms with Gasteiger partial charge >= 0.3 is 0 Å². The highest BCUT2D eigenvalue weighted by Crippen LogP contribution is 2.27. The molecular weight excluding hydrogens is 397 g/mol. The second-order valence-corrected chi connectivity index (χ2v) is 8.58. The Kier molecular flexibility index (Phi) is 6.25. The van der Waals surface area contributed by atoms with Crippen LogP contribution in [0.5, 0.6) is 0 Å². The summed E-state index contributed by atoms with van der Waals surface area (Å²) in [5.41, 5.74) is 6.70. The molecule has 4 nitrogen and oxygen atoms in total. The van der Waals surface area contributed by atoms with E-state index in [4.69, 9.17) is 14.8 Å². The van der Waals surface area contributed by atoms with E-state index in [1.807, 2.05) is 4.68 Å². The lowest BCUT2D eigenvalue weighted by Gasteiger charge is -2.11. The fourth-order valence-electron chi connectivity index (χ4n) is 3.58. The molecular formula is C24H26FN3OS. The summed E-state index contributed by atoms with van der Waals surface area (Å²) in [6.45, 7) is 7.83. The van der Waals surface area contributed by atoms with Crippen molar-refractivity contribution in [2.45, 2.75) is 39.7 Å². The van der Waals surface area contributed by atoms with Gasteiger partial charge in [0.05, 0.1) is 24.6 Å². The van der Waals surface area contributed by atoms with Gasteiger partial charge in [-0.05, 0) is 74.1 Å². The molecule has 1 unspecified atom stereocenters. The molecule has 0 aliphatic carbocycles. The molecule has 1 atom stereocenters. The van der Waals surface area contributed by atoms with Crippen molar-refractivity contribution in [2.24, 2.45) is 10.1 Å². The number of hydrogen-bond acceptors (Lipinski definition) is 4. The summed E-state index contributed by atoms with van der Waals surface area (Å²) in [7, 11) is 0. The number of thiazole rings is 1. The minimum atomic E-state index is -0.256. The van der Waals surface area contributed by atoms with Gasteiger partial charge in [0.25, 0.3) is 0 Å². The lowest BCUT2D eigenvalue weighted by atomic mass is 9.99. The molecule has 1 aliphatic heterocycles.